The van der Waals surface area contributed by atoms with Gasteiger partial charge in [0.05, 0.1) is 31.2 Å². The molecule has 0 aliphatic rings. The lowest BCUT2D eigenvalue weighted by Gasteiger charge is -2.31. The Kier molecular flexibility index (Phi) is 10.4. The standard InChI is InChI=1S/C25H34ClN3O6S/c1-17(2)14-27-25(31)18(3)28(15-19-8-7-9-21(12-19)34-4)24(30)16-29(36(6,32)33)20-10-11-23(35-5)22(26)13-20/h7-13,17-18H,14-16H2,1-6H3,(H,27,31). The first-order chi connectivity index (χ1) is 16.9. The summed E-state index contributed by atoms with van der Waals surface area (Å²) in [6.07, 6.45) is 1.00. The first kappa shape index (κ1) is 29.3. The van der Waals surface area contributed by atoms with Crippen LogP contribution in [0, 0.1) is 5.92 Å². The molecule has 0 spiro atoms. The Labute approximate surface area is 218 Å². The molecule has 0 radical (unpaired) electrons. The van der Waals surface area contributed by atoms with E-state index in [1.165, 1.54) is 37.3 Å². The number of nitrogens with zero attached hydrogens (tertiary/aromatic N) is 2. The molecule has 0 saturated heterocycles. The molecular weight excluding hydrogens is 506 g/mol. The maximum absolute atomic E-state index is 13.6. The summed E-state index contributed by atoms with van der Waals surface area (Å²) in [5, 5.41) is 3.04. The summed E-state index contributed by atoms with van der Waals surface area (Å²) in [6.45, 7) is 5.55. The highest BCUT2D eigenvalue weighted by Gasteiger charge is 2.30. The summed E-state index contributed by atoms with van der Waals surface area (Å²) < 4.78 is 36.7. The zero-order valence-electron chi connectivity index (χ0n) is 21.4. The van der Waals surface area contributed by atoms with E-state index in [1.54, 1.807) is 31.2 Å². The van der Waals surface area contributed by atoms with Gasteiger partial charge < -0.3 is 19.7 Å². The molecule has 0 saturated carbocycles. The molecule has 2 aromatic carbocycles. The molecule has 11 heteroatoms. The van der Waals surface area contributed by atoms with E-state index in [1.807, 2.05) is 13.8 Å². The van der Waals surface area contributed by atoms with Crippen LogP contribution in [0.1, 0.15) is 26.3 Å². The predicted octanol–water partition coefficient (Wildman–Crippen LogP) is 3.31. The lowest BCUT2D eigenvalue weighted by Crippen LogP contribution is -2.51. The molecule has 9 nitrogen and oxygen atoms in total. The summed E-state index contributed by atoms with van der Waals surface area (Å²) in [7, 11) is -0.887. The van der Waals surface area contributed by atoms with Crippen LogP contribution in [-0.4, -0.2) is 64.7 Å². The van der Waals surface area contributed by atoms with Gasteiger partial charge in [-0.25, -0.2) is 8.42 Å². The summed E-state index contributed by atoms with van der Waals surface area (Å²) in [5.41, 5.74) is 0.930. The van der Waals surface area contributed by atoms with E-state index in [0.717, 1.165) is 16.1 Å². The third-order valence-electron chi connectivity index (χ3n) is 5.44. The molecule has 1 atom stereocenters. The molecule has 1 N–H and O–H groups in total. The Morgan fingerprint density at radius 3 is 2.31 bits per heavy atom. The van der Waals surface area contributed by atoms with E-state index in [2.05, 4.69) is 5.32 Å². The van der Waals surface area contributed by atoms with Gasteiger partial charge in [0.25, 0.3) is 0 Å². The van der Waals surface area contributed by atoms with Crippen LogP contribution in [0.15, 0.2) is 42.5 Å². The van der Waals surface area contributed by atoms with E-state index >= 15 is 0 Å². The van der Waals surface area contributed by atoms with Gasteiger partial charge in [0.1, 0.15) is 24.1 Å². The van der Waals surface area contributed by atoms with Crippen LogP contribution in [0.2, 0.25) is 5.02 Å². The Hall–Kier alpha value is -2.98. The number of anilines is 1. The normalized spacial score (nSPS) is 12.1. The molecule has 0 aromatic heterocycles. The van der Waals surface area contributed by atoms with Crippen LogP contribution in [0.4, 0.5) is 5.69 Å². The first-order valence-electron chi connectivity index (χ1n) is 11.4. The number of hydrogen-bond acceptors (Lipinski definition) is 6. The lowest BCUT2D eigenvalue weighted by molar-refractivity contribution is -0.139. The molecule has 198 valence electrons. The second kappa shape index (κ2) is 12.8. The van der Waals surface area contributed by atoms with Crippen molar-refractivity contribution in [2.24, 2.45) is 5.92 Å². The van der Waals surface area contributed by atoms with Gasteiger partial charge in [-0.05, 0) is 48.7 Å². The Balaban J connectivity index is 2.41. The summed E-state index contributed by atoms with van der Waals surface area (Å²) in [4.78, 5) is 27.8. The van der Waals surface area contributed by atoms with Crippen molar-refractivity contribution >= 4 is 39.1 Å². The summed E-state index contributed by atoms with van der Waals surface area (Å²) >= 11 is 6.20. The molecule has 1 unspecified atom stereocenters. The number of amides is 2. The van der Waals surface area contributed by atoms with Gasteiger partial charge in [-0.3, -0.25) is 13.9 Å². The maximum atomic E-state index is 13.6. The number of sulfonamides is 1. The number of benzene rings is 2. The van der Waals surface area contributed by atoms with Gasteiger partial charge in [-0.15, -0.1) is 0 Å². The molecule has 0 aliphatic carbocycles. The number of methoxy groups -OCH3 is 2. The molecule has 2 amide bonds. The number of ether oxygens (including phenoxy) is 2. The predicted molar refractivity (Wildman–Crippen MR) is 141 cm³/mol. The molecule has 0 fully saturated rings. The van der Waals surface area contributed by atoms with Crippen molar-refractivity contribution < 1.29 is 27.5 Å². The van der Waals surface area contributed by atoms with Crippen molar-refractivity contribution in [3.63, 3.8) is 0 Å². The van der Waals surface area contributed by atoms with Gasteiger partial charge >= 0.3 is 0 Å². The van der Waals surface area contributed by atoms with Gasteiger partial charge in [-0.1, -0.05) is 37.6 Å². The number of rotatable bonds is 12. The highest BCUT2D eigenvalue weighted by Crippen LogP contribution is 2.30. The van der Waals surface area contributed by atoms with Crippen LogP contribution in [0.5, 0.6) is 11.5 Å². The number of hydrogen-bond donors (Lipinski definition) is 1. The van der Waals surface area contributed by atoms with Crippen molar-refractivity contribution in [1.29, 1.82) is 0 Å². The third-order valence-corrected chi connectivity index (χ3v) is 6.88. The van der Waals surface area contributed by atoms with E-state index in [0.29, 0.717) is 18.0 Å². The van der Waals surface area contributed by atoms with Crippen molar-refractivity contribution in [1.82, 2.24) is 10.2 Å². The Morgan fingerprint density at radius 2 is 1.75 bits per heavy atom. The second-order valence-corrected chi connectivity index (χ2v) is 11.1. The van der Waals surface area contributed by atoms with Gasteiger partial charge in [0.15, 0.2) is 0 Å². The van der Waals surface area contributed by atoms with Crippen LogP contribution < -0.4 is 19.1 Å². The van der Waals surface area contributed by atoms with E-state index in [-0.39, 0.29) is 29.1 Å². The fourth-order valence-electron chi connectivity index (χ4n) is 3.43. The van der Waals surface area contributed by atoms with Crippen LogP contribution in [-0.2, 0) is 26.2 Å². The number of halogens is 1. The zero-order valence-corrected chi connectivity index (χ0v) is 23.0. The molecular formula is C25H34ClN3O6S. The largest absolute Gasteiger partial charge is 0.497 e. The average molecular weight is 540 g/mol. The fraction of sp³-hybridized carbons (Fsp3) is 0.440. The molecule has 36 heavy (non-hydrogen) atoms. The fourth-order valence-corrected chi connectivity index (χ4v) is 4.52. The minimum Gasteiger partial charge on any atom is -0.497 e. The van der Waals surface area contributed by atoms with Crippen molar-refractivity contribution in [2.45, 2.75) is 33.4 Å². The monoisotopic (exact) mass is 539 g/mol. The van der Waals surface area contributed by atoms with Gasteiger partial charge in [-0.2, -0.15) is 0 Å². The molecule has 2 aromatic rings. The molecule has 2 rings (SSSR count). The van der Waals surface area contributed by atoms with E-state index in [9.17, 15) is 18.0 Å². The molecule has 0 heterocycles. The van der Waals surface area contributed by atoms with Crippen molar-refractivity contribution in [2.75, 3.05) is 37.9 Å². The van der Waals surface area contributed by atoms with E-state index in [4.69, 9.17) is 21.1 Å². The topological polar surface area (TPSA) is 105 Å². The van der Waals surface area contributed by atoms with Crippen LogP contribution >= 0.6 is 11.6 Å². The smallest absolute Gasteiger partial charge is 0.244 e. The Bertz CT molecular complexity index is 1170. The minimum atomic E-state index is -3.87. The van der Waals surface area contributed by atoms with Gasteiger partial charge in [0, 0.05) is 13.1 Å². The first-order valence-corrected chi connectivity index (χ1v) is 13.6. The average Bonchev–Trinajstić information content (AvgIpc) is 2.83. The Morgan fingerprint density at radius 1 is 1.06 bits per heavy atom. The highest BCUT2D eigenvalue weighted by atomic mass is 35.5. The maximum Gasteiger partial charge on any atom is 0.244 e. The van der Waals surface area contributed by atoms with E-state index < -0.39 is 28.5 Å². The number of nitrogens with one attached hydrogen (secondary N) is 1. The van der Waals surface area contributed by atoms with Crippen molar-refractivity contribution in [3.8, 4) is 11.5 Å². The quantitative estimate of drug-likeness (QED) is 0.443. The number of carbonyl (C=O) groups is 2. The third kappa shape index (κ3) is 8.03. The SMILES string of the molecule is COc1cccc(CN(C(=O)CN(c2ccc(OC)c(Cl)c2)S(C)(=O)=O)C(C)C(=O)NCC(C)C)c1. The lowest BCUT2D eigenvalue weighted by atomic mass is 10.1. The van der Waals surface area contributed by atoms with Crippen LogP contribution in [0.25, 0.3) is 0 Å². The molecule has 0 aliphatic heterocycles. The zero-order chi connectivity index (χ0) is 27.0. The summed E-state index contributed by atoms with van der Waals surface area (Å²) in [6, 6.07) is 10.7. The van der Waals surface area contributed by atoms with Crippen LogP contribution in [0.3, 0.4) is 0 Å². The minimum absolute atomic E-state index is 0.0767. The second-order valence-electron chi connectivity index (χ2n) is 8.78. The van der Waals surface area contributed by atoms with Crippen molar-refractivity contribution in [3.05, 3.63) is 53.1 Å². The summed E-state index contributed by atoms with van der Waals surface area (Å²) in [5.74, 6) is 0.308. The molecule has 0 bridgehead atoms. The number of carbonyl (C=O) groups excluding carboxylic acids is 2. The highest BCUT2D eigenvalue weighted by molar-refractivity contribution is 7.92. The van der Waals surface area contributed by atoms with Gasteiger partial charge in [0.2, 0.25) is 21.8 Å².